The smallest absolute Gasteiger partial charge is 0.161 e. The van der Waals surface area contributed by atoms with Gasteiger partial charge in [0.05, 0.1) is 10.2 Å². The minimum Gasteiger partial charge on any atom is -0.372 e. The van der Waals surface area contributed by atoms with Gasteiger partial charge in [0.1, 0.15) is 5.82 Å². The van der Waals surface area contributed by atoms with Crippen LogP contribution in [-0.4, -0.2) is 17.0 Å². The lowest BCUT2D eigenvalue weighted by molar-refractivity contribution is 0.991. The van der Waals surface area contributed by atoms with Crippen molar-refractivity contribution in [1.82, 2.24) is 9.97 Å². The van der Waals surface area contributed by atoms with Gasteiger partial charge in [-0.25, -0.2) is 9.97 Å². The number of hydrogen-bond donors (Lipinski definition) is 1. The fourth-order valence-electron chi connectivity index (χ4n) is 1.65. The average Bonchev–Trinajstić information content (AvgIpc) is 2.39. The van der Waals surface area contributed by atoms with Gasteiger partial charge in [0.2, 0.25) is 0 Å². The molecule has 1 aromatic carbocycles. The van der Waals surface area contributed by atoms with Gasteiger partial charge in [-0.2, -0.15) is 0 Å². The van der Waals surface area contributed by atoms with E-state index in [1.165, 1.54) is 0 Å². The molecule has 5 heteroatoms. The van der Waals surface area contributed by atoms with Gasteiger partial charge in [0.25, 0.3) is 0 Å². The van der Waals surface area contributed by atoms with Crippen LogP contribution in [0.25, 0.3) is 11.4 Å². The molecule has 0 fully saturated rings. The molecule has 0 aliphatic heterocycles. The maximum Gasteiger partial charge on any atom is 0.161 e. The normalized spacial score (nSPS) is 10.4. The molecule has 0 saturated carbocycles. The summed E-state index contributed by atoms with van der Waals surface area (Å²) in [5.41, 5.74) is 2.01. The van der Waals surface area contributed by atoms with Crippen LogP contribution < -0.4 is 5.32 Å². The molecule has 0 aliphatic rings. The second-order valence-corrected chi connectivity index (χ2v) is 5.48. The van der Waals surface area contributed by atoms with E-state index in [0.29, 0.717) is 0 Å². The highest BCUT2D eigenvalue weighted by Gasteiger charge is 2.11. The quantitative estimate of drug-likeness (QED) is 0.876. The predicted molar refractivity (Wildman–Crippen MR) is 81.8 cm³/mol. The highest BCUT2D eigenvalue weighted by Crippen LogP contribution is 2.28. The van der Waals surface area contributed by atoms with Crippen LogP contribution >= 0.6 is 31.9 Å². The van der Waals surface area contributed by atoms with Crippen molar-refractivity contribution in [2.75, 3.05) is 12.4 Å². The fourth-order valence-corrected chi connectivity index (χ4v) is 2.71. The van der Waals surface area contributed by atoms with Crippen molar-refractivity contribution in [3.63, 3.8) is 0 Å². The number of benzene rings is 1. The molecule has 0 radical (unpaired) electrons. The topological polar surface area (TPSA) is 37.8 Å². The van der Waals surface area contributed by atoms with Gasteiger partial charge in [0, 0.05) is 17.1 Å². The molecular weight excluding hydrogens is 358 g/mol. The zero-order chi connectivity index (χ0) is 13.1. The molecule has 0 amide bonds. The Hall–Kier alpha value is -0.940. The van der Waals surface area contributed by atoms with Crippen LogP contribution in [0.1, 0.15) is 12.6 Å². The molecule has 1 aromatic heterocycles. The first-order chi connectivity index (χ1) is 8.65. The van der Waals surface area contributed by atoms with E-state index in [-0.39, 0.29) is 0 Å². The monoisotopic (exact) mass is 369 g/mol. The van der Waals surface area contributed by atoms with E-state index in [1.807, 2.05) is 31.3 Å². The molecule has 0 aliphatic carbocycles. The summed E-state index contributed by atoms with van der Waals surface area (Å²) in [5, 5.41) is 3.09. The molecule has 0 bridgehead atoms. The third-order valence-electron chi connectivity index (χ3n) is 2.57. The Morgan fingerprint density at radius 2 is 2.00 bits per heavy atom. The zero-order valence-electron chi connectivity index (χ0n) is 10.2. The minimum atomic E-state index is 0.737. The molecule has 1 heterocycles. The highest BCUT2D eigenvalue weighted by molar-refractivity contribution is 9.11. The van der Waals surface area contributed by atoms with Crippen molar-refractivity contribution < 1.29 is 0 Å². The average molecular weight is 371 g/mol. The van der Waals surface area contributed by atoms with E-state index in [4.69, 9.17) is 0 Å². The van der Waals surface area contributed by atoms with Crippen LogP contribution in [0.4, 0.5) is 5.82 Å². The Kier molecular flexibility index (Phi) is 4.35. The summed E-state index contributed by atoms with van der Waals surface area (Å²) < 4.78 is 1.96. The van der Waals surface area contributed by atoms with Gasteiger partial charge in [-0.15, -0.1) is 0 Å². The van der Waals surface area contributed by atoms with Gasteiger partial charge >= 0.3 is 0 Å². The summed E-state index contributed by atoms with van der Waals surface area (Å²) in [6, 6.07) is 7.99. The lowest BCUT2D eigenvalue weighted by Crippen LogP contribution is -2.02. The van der Waals surface area contributed by atoms with Gasteiger partial charge in [0.15, 0.2) is 5.82 Å². The zero-order valence-corrected chi connectivity index (χ0v) is 13.3. The summed E-state index contributed by atoms with van der Waals surface area (Å²) in [7, 11) is 1.86. The SMILES string of the molecule is CCc1nc(-c2cccc(Br)c2)nc(NC)c1Br. The molecule has 0 saturated heterocycles. The van der Waals surface area contributed by atoms with Crippen molar-refractivity contribution in [3.05, 3.63) is 38.9 Å². The Labute approximate surface area is 123 Å². The number of aromatic nitrogens is 2. The van der Waals surface area contributed by atoms with Crippen LogP contribution in [0, 0.1) is 0 Å². The van der Waals surface area contributed by atoms with E-state index >= 15 is 0 Å². The Morgan fingerprint density at radius 1 is 1.22 bits per heavy atom. The number of nitrogens with one attached hydrogen (secondary N) is 1. The van der Waals surface area contributed by atoms with E-state index in [0.717, 1.165) is 38.3 Å². The third kappa shape index (κ3) is 2.72. The highest BCUT2D eigenvalue weighted by atomic mass is 79.9. The number of rotatable bonds is 3. The Morgan fingerprint density at radius 3 is 2.61 bits per heavy atom. The standard InChI is InChI=1S/C13H13Br2N3/c1-3-10-11(15)13(16-2)18-12(17-10)8-5-4-6-9(14)7-8/h4-7H,3H2,1-2H3,(H,16,17,18). The van der Waals surface area contributed by atoms with Crippen LogP contribution in [0.15, 0.2) is 33.2 Å². The summed E-state index contributed by atoms with van der Waals surface area (Å²) in [6.45, 7) is 2.08. The second-order valence-electron chi connectivity index (χ2n) is 3.77. The summed E-state index contributed by atoms with van der Waals surface area (Å²) in [5.74, 6) is 1.55. The van der Waals surface area contributed by atoms with Crippen LogP contribution in [0.2, 0.25) is 0 Å². The number of nitrogens with zero attached hydrogens (tertiary/aromatic N) is 2. The minimum absolute atomic E-state index is 0.737. The number of hydrogen-bond acceptors (Lipinski definition) is 3. The van der Waals surface area contributed by atoms with Gasteiger partial charge < -0.3 is 5.32 Å². The van der Waals surface area contributed by atoms with Crippen LogP contribution in [0.3, 0.4) is 0 Å². The molecular formula is C13H13Br2N3. The van der Waals surface area contributed by atoms with E-state index in [2.05, 4.69) is 54.1 Å². The molecule has 1 N–H and O–H groups in total. The molecule has 0 atom stereocenters. The van der Waals surface area contributed by atoms with Crippen molar-refractivity contribution in [2.24, 2.45) is 0 Å². The molecule has 3 nitrogen and oxygen atoms in total. The van der Waals surface area contributed by atoms with Crippen molar-refractivity contribution in [3.8, 4) is 11.4 Å². The number of halogens is 2. The van der Waals surface area contributed by atoms with Crippen molar-refractivity contribution in [1.29, 1.82) is 0 Å². The molecule has 94 valence electrons. The van der Waals surface area contributed by atoms with Gasteiger partial charge in [-0.3, -0.25) is 0 Å². The van der Waals surface area contributed by atoms with Crippen molar-refractivity contribution in [2.45, 2.75) is 13.3 Å². The maximum atomic E-state index is 4.59. The number of aryl methyl sites for hydroxylation is 1. The molecule has 2 aromatic rings. The van der Waals surface area contributed by atoms with E-state index in [9.17, 15) is 0 Å². The van der Waals surface area contributed by atoms with Gasteiger partial charge in [-0.05, 0) is 34.5 Å². The summed E-state index contributed by atoms with van der Waals surface area (Å²) in [4.78, 5) is 9.11. The lowest BCUT2D eigenvalue weighted by atomic mass is 10.2. The van der Waals surface area contributed by atoms with E-state index < -0.39 is 0 Å². The van der Waals surface area contributed by atoms with E-state index in [1.54, 1.807) is 0 Å². The first kappa shape index (κ1) is 13.5. The molecule has 18 heavy (non-hydrogen) atoms. The first-order valence-corrected chi connectivity index (χ1v) is 7.24. The van der Waals surface area contributed by atoms with Crippen molar-refractivity contribution >= 4 is 37.7 Å². The summed E-state index contributed by atoms with van der Waals surface area (Å²) in [6.07, 6.45) is 0.860. The Balaban J connectivity index is 2.58. The van der Waals surface area contributed by atoms with Crippen LogP contribution in [-0.2, 0) is 6.42 Å². The number of anilines is 1. The third-order valence-corrected chi connectivity index (χ3v) is 3.90. The van der Waals surface area contributed by atoms with Crippen LogP contribution in [0.5, 0.6) is 0 Å². The molecule has 0 unspecified atom stereocenters. The largest absolute Gasteiger partial charge is 0.372 e. The van der Waals surface area contributed by atoms with Gasteiger partial charge in [-0.1, -0.05) is 35.0 Å². The molecule has 2 rings (SSSR count). The summed E-state index contributed by atoms with van der Waals surface area (Å²) >= 11 is 6.99. The molecule has 0 spiro atoms. The maximum absolute atomic E-state index is 4.59. The first-order valence-electron chi connectivity index (χ1n) is 5.65. The lowest BCUT2D eigenvalue weighted by Gasteiger charge is -2.10. The Bertz CT molecular complexity index is 545. The fraction of sp³-hybridized carbons (Fsp3) is 0.231. The second kappa shape index (κ2) is 5.80. The predicted octanol–water partition coefficient (Wildman–Crippen LogP) is 4.27.